The van der Waals surface area contributed by atoms with Gasteiger partial charge in [0.2, 0.25) is 0 Å². The number of nitrogens with zero attached hydrogens (tertiary/aromatic N) is 1. The minimum Gasteiger partial charge on any atom is -0.388 e. The van der Waals surface area contributed by atoms with Gasteiger partial charge in [0.15, 0.2) is 9.84 Å². The molecule has 0 radical (unpaired) electrons. The van der Waals surface area contributed by atoms with Crippen LogP contribution in [0, 0.1) is 5.41 Å². The van der Waals surface area contributed by atoms with E-state index < -0.39 is 9.84 Å². The molecule has 1 aliphatic heterocycles. The minimum absolute atomic E-state index is 0.235. The highest BCUT2D eigenvalue weighted by atomic mass is 32.2. The van der Waals surface area contributed by atoms with Crippen molar-refractivity contribution in [2.75, 3.05) is 31.1 Å². The van der Waals surface area contributed by atoms with Crippen LogP contribution < -0.4 is 5.73 Å². The molecule has 0 aromatic heterocycles. The fourth-order valence-corrected chi connectivity index (χ4v) is 3.17. The fourth-order valence-electron chi connectivity index (χ4n) is 1.86. The van der Waals surface area contributed by atoms with Gasteiger partial charge >= 0.3 is 0 Å². The zero-order valence-corrected chi connectivity index (χ0v) is 10.4. The van der Waals surface area contributed by atoms with Crippen LogP contribution in [0.5, 0.6) is 0 Å². The van der Waals surface area contributed by atoms with Crippen molar-refractivity contribution in [3.05, 3.63) is 0 Å². The van der Waals surface area contributed by atoms with Gasteiger partial charge in [-0.2, -0.15) is 0 Å². The van der Waals surface area contributed by atoms with Crippen LogP contribution in [0.2, 0.25) is 0 Å². The van der Waals surface area contributed by atoms with E-state index in [2.05, 4.69) is 4.90 Å². The summed E-state index contributed by atoms with van der Waals surface area (Å²) in [4.78, 5) is 2.20. The third-order valence-electron chi connectivity index (χ3n) is 2.82. The Morgan fingerprint density at radius 2 is 2.00 bits per heavy atom. The zero-order chi connectivity index (χ0) is 12.0. The molecule has 0 amide bonds. The Morgan fingerprint density at radius 1 is 1.25 bits per heavy atom. The maximum atomic E-state index is 11.4. The molecule has 0 saturated carbocycles. The highest BCUT2D eigenvalue weighted by Gasteiger charge is 2.18. The first-order valence-electron chi connectivity index (χ1n) is 5.75. The Kier molecular flexibility index (Phi) is 5.21. The molecular weight excluding hydrogens is 226 g/mol. The van der Waals surface area contributed by atoms with Gasteiger partial charge in [-0.05, 0) is 32.4 Å². The standard InChI is InChI=1S/C10H21N3O2S/c11-10(12)4-1-2-5-13-6-3-8-16(14,15)9-7-13/h1-9H2,(H3,11,12). The summed E-state index contributed by atoms with van der Waals surface area (Å²) in [5.41, 5.74) is 5.26. The van der Waals surface area contributed by atoms with Crippen LogP contribution in [0.1, 0.15) is 25.7 Å². The number of unbranched alkanes of at least 4 members (excludes halogenated alkanes) is 1. The summed E-state index contributed by atoms with van der Waals surface area (Å²) >= 11 is 0. The molecule has 16 heavy (non-hydrogen) atoms. The number of hydrogen-bond donors (Lipinski definition) is 2. The molecule has 5 nitrogen and oxygen atoms in total. The van der Waals surface area contributed by atoms with Gasteiger partial charge in [0.1, 0.15) is 0 Å². The third kappa shape index (κ3) is 5.46. The van der Waals surface area contributed by atoms with E-state index in [-0.39, 0.29) is 5.84 Å². The van der Waals surface area contributed by atoms with Gasteiger partial charge in [-0.1, -0.05) is 0 Å². The van der Waals surface area contributed by atoms with E-state index in [9.17, 15) is 8.42 Å². The molecule has 6 heteroatoms. The molecule has 1 saturated heterocycles. The quantitative estimate of drug-likeness (QED) is 0.413. The van der Waals surface area contributed by atoms with Crippen LogP contribution in [0.4, 0.5) is 0 Å². The Labute approximate surface area is 97.4 Å². The van der Waals surface area contributed by atoms with Crippen molar-refractivity contribution in [1.82, 2.24) is 4.90 Å². The molecule has 0 atom stereocenters. The van der Waals surface area contributed by atoms with Crippen molar-refractivity contribution in [2.24, 2.45) is 5.73 Å². The highest BCUT2D eigenvalue weighted by molar-refractivity contribution is 7.91. The summed E-state index contributed by atoms with van der Waals surface area (Å²) in [6.45, 7) is 2.45. The Hall–Kier alpha value is -0.620. The van der Waals surface area contributed by atoms with Crippen molar-refractivity contribution in [3.8, 4) is 0 Å². The largest absolute Gasteiger partial charge is 0.388 e. The van der Waals surface area contributed by atoms with Crippen molar-refractivity contribution in [1.29, 1.82) is 5.41 Å². The second kappa shape index (κ2) is 6.20. The first-order chi connectivity index (χ1) is 7.49. The lowest BCUT2D eigenvalue weighted by Gasteiger charge is -2.18. The topological polar surface area (TPSA) is 87.2 Å². The molecule has 3 N–H and O–H groups in total. The summed E-state index contributed by atoms with van der Waals surface area (Å²) in [6, 6.07) is 0. The fraction of sp³-hybridized carbons (Fsp3) is 0.900. The van der Waals surface area contributed by atoms with Crippen molar-refractivity contribution in [3.63, 3.8) is 0 Å². The monoisotopic (exact) mass is 247 g/mol. The number of hydrogen-bond acceptors (Lipinski definition) is 4. The van der Waals surface area contributed by atoms with Crippen LogP contribution in [0.3, 0.4) is 0 Å². The van der Waals surface area contributed by atoms with E-state index in [1.807, 2.05) is 0 Å². The lowest BCUT2D eigenvalue weighted by molar-refractivity contribution is 0.289. The van der Waals surface area contributed by atoms with Crippen molar-refractivity contribution < 1.29 is 8.42 Å². The van der Waals surface area contributed by atoms with Gasteiger partial charge in [-0.15, -0.1) is 0 Å². The van der Waals surface area contributed by atoms with Crippen LogP contribution in [0.15, 0.2) is 0 Å². The van der Waals surface area contributed by atoms with Crippen LogP contribution in [-0.2, 0) is 9.84 Å². The first-order valence-corrected chi connectivity index (χ1v) is 7.57. The van der Waals surface area contributed by atoms with Gasteiger partial charge in [-0.3, -0.25) is 5.41 Å². The Bertz CT molecular complexity index is 327. The maximum absolute atomic E-state index is 11.4. The van der Waals surface area contributed by atoms with E-state index in [4.69, 9.17) is 11.1 Å². The number of amidine groups is 1. The van der Waals surface area contributed by atoms with Crippen molar-refractivity contribution >= 4 is 15.7 Å². The molecule has 0 unspecified atom stereocenters. The summed E-state index contributed by atoms with van der Waals surface area (Å²) in [7, 11) is -2.79. The summed E-state index contributed by atoms with van der Waals surface area (Å²) in [5.74, 6) is 0.856. The normalized spacial score (nSPS) is 21.5. The Balaban J connectivity index is 2.20. The number of nitrogens with one attached hydrogen (secondary N) is 1. The zero-order valence-electron chi connectivity index (χ0n) is 9.61. The van der Waals surface area contributed by atoms with E-state index in [0.717, 1.165) is 32.4 Å². The molecule has 1 fully saturated rings. The molecule has 94 valence electrons. The second-order valence-corrected chi connectivity index (χ2v) is 6.63. The average Bonchev–Trinajstić information content (AvgIpc) is 2.34. The van der Waals surface area contributed by atoms with Gasteiger partial charge in [0, 0.05) is 13.0 Å². The van der Waals surface area contributed by atoms with E-state index >= 15 is 0 Å². The van der Waals surface area contributed by atoms with Gasteiger partial charge < -0.3 is 10.6 Å². The Morgan fingerprint density at radius 3 is 2.69 bits per heavy atom. The van der Waals surface area contributed by atoms with E-state index in [1.165, 1.54) is 0 Å². The summed E-state index contributed by atoms with van der Waals surface area (Å²) in [6.07, 6.45) is 3.29. The van der Waals surface area contributed by atoms with Crippen LogP contribution in [0.25, 0.3) is 0 Å². The van der Waals surface area contributed by atoms with Crippen molar-refractivity contribution in [2.45, 2.75) is 25.7 Å². The summed E-state index contributed by atoms with van der Waals surface area (Å²) in [5, 5.41) is 7.09. The number of rotatable bonds is 5. The minimum atomic E-state index is -2.79. The SMILES string of the molecule is N=C(N)CCCCN1CCCS(=O)(=O)CC1. The molecule has 0 aromatic rings. The smallest absolute Gasteiger partial charge is 0.151 e. The molecule has 0 aromatic carbocycles. The van der Waals surface area contributed by atoms with Gasteiger partial charge in [0.05, 0.1) is 17.3 Å². The average molecular weight is 247 g/mol. The molecule has 1 rings (SSSR count). The summed E-state index contributed by atoms with van der Waals surface area (Å²) < 4.78 is 22.7. The molecule has 1 aliphatic rings. The lowest BCUT2D eigenvalue weighted by atomic mass is 10.2. The predicted molar refractivity (Wildman–Crippen MR) is 65.5 cm³/mol. The predicted octanol–water partition coefficient (Wildman–Crippen LogP) is 0.213. The molecule has 1 heterocycles. The number of nitrogens with two attached hydrogens (primary N) is 1. The highest BCUT2D eigenvalue weighted by Crippen LogP contribution is 2.06. The molecule has 0 aliphatic carbocycles. The maximum Gasteiger partial charge on any atom is 0.151 e. The first kappa shape index (κ1) is 13.4. The van der Waals surface area contributed by atoms with Gasteiger partial charge in [0.25, 0.3) is 0 Å². The van der Waals surface area contributed by atoms with Gasteiger partial charge in [-0.25, -0.2) is 8.42 Å². The lowest BCUT2D eigenvalue weighted by Crippen LogP contribution is -2.28. The van der Waals surface area contributed by atoms with Crippen LogP contribution in [-0.4, -0.2) is 50.3 Å². The second-order valence-electron chi connectivity index (χ2n) is 4.33. The third-order valence-corrected chi connectivity index (χ3v) is 4.53. The van der Waals surface area contributed by atoms with Crippen LogP contribution >= 0.6 is 0 Å². The molecule has 0 bridgehead atoms. The van der Waals surface area contributed by atoms with E-state index in [0.29, 0.717) is 24.5 Å². The number of sulfone groups is 1. The molecular formula is C10H21N3O2S. The van der Waals surface area contributed by atoms with E-state index in [1.54, 1.807) is 0 Å². The molecule has 0 spiro atoms.